The van der Waals surface area contributed by atoms with E-state index < -0.39 is 0 Å². The first-order valence-corrected chi connectivity index (χ1v) is 5.33. The summed E-state index contributed by atoms with van der Waals surface area (Å²) in [6.07, 6.45) is 0. The molecule has 1 atom stereocenters. The first kappa shape index (κ1) is 9.36. The molecule has 0 spiro atoms. The van der Waals surface area contributed by atoms with Crippen LogP contribution in [0.15, 0.2) is 0 Å². The molecule has 0 aliphatic carbocycles. The van der Waals surface area contributed by atoms with Crippen molar-refractivity contribution in [2.45, 2.75) is 19.2 Å². The van der Waals surface area contributed by atoms with Crippen LogP contribution < -0.4 is 0 Å². The van der Waals surface area contributed by atoms with Crippen LogP contribution in [0, 0.1) is 0 Å². The van der Waals surface area contributed by atoms with Gasteiger partial charge in [-0.1, -0.05) is 6.92 Å². The van der Waals surface area contributed by atoms with Crippen LogP contribution in [0.5, 0.6) is 0 Å². The fourth-order valence-electron chi connectivity index (χ4n) is 1.29. The topological polar surface area (TPSA) is 12.5 Å². The van der Waals surface area contributed by atoms with Crippen molar-refractivity contribution >= 4 is 11.8 Å². The molecule has 0 amide bonds. The highest BCUT2D eigenvalue weighted by Crippen LogP contribution is 2.15. The molecule has 2 nitrogen and oxygen atoms in total. The van der Waals surface area contributed by atoms with Crippen molar-refractivity contribution < 1.29 is 4.74 Å². The Morgan fingerprint density at radius 2 is 2.09 bits per heavy atom. The zero-order valence-corrected chi connectivity index (χ0v) is 8.19. The van der Waals surface area contributed by atoms with Gasteiger partial charge in [0.05, 0.1) is 18.6 Å². The molecule has 1 aliphatic heterocycles. The molecule has 1 rings (SSSR count). The smallest absolute Gasteiger partial charge is 0.0594 e. The van der Waals surface area contributed by atoms with E-state index in [1.54, 1.807) is 0 Å². The van der Waals surface area contributed by atoms with E-state index in [0.717, 1.165) is 26.3 Å². The maximum absolute atomic E-state index is 5.28. The number of rotatable bonds is 3. The average Bonchev–Trinajstić information content (AvgIpc) is 2.07. The summed E-state index contributed by atoms with van der Waals surface area (Å²) in [7, 11) is 0. The molecule has 1 saturated heterocycles. The van der Waals surface area contributed by atoms with E-state index in [2.05, 4.69) is 18.7 Å². The van der Waals surface area contributed by atoms with Crippen LogP contribution in [-0.2, 0) is 4.74 Å². The van der Waals surface area contributed by atoms with Crippen LogP contribution in [0.1, 0.15) is 13.8 Å². The first-order chi connectivity index (χ1) is 5.34. The Hall–Kier alpha value is 0.270. The lowest BCUT2D eigenvalue weighted by atomic mass is 10.4. The molecule has 0 saturated carbocycles. The van der Waals surface area contributed by atoms with Gasteiger partial charge in [-0.25, -0.2) is 0 Å². The third kappa shape index (κ3) is 3.01. The largest absolute Gasteiger partial charge is 0.379 e. The zero-order chi connectivity index (χ0) is 8.10. The number of ether oxygens (including phenoxy) is 1. The molecule has 1 fully saturated rings. The fraction of sp³-hybridized carbons (Fsp3) is 1.00. The Labute approximate surface area is 73.3 Å². The molecule has 0 aromatic carbocycles. The SMILES string of the molecule is CCSC(C)N1CCOCC1. The molecule has 11 heavy (non-hydrogen) atoms. The van der Waals surface area contributed by atoms with Gasteiger partial charge in [0.25, 0.3) is 0 Å². The summed E-state index contributed by atoms with van der Waals surface area (Å²) < 4.78 is 5.28. The van der Waals surface area contributed by atoms with E-state index in [1.807, 2.05) is 11.8 Å². The highest BCUT2D eigenvalue weighted by atomic mass is 32.2. The molecule has 66 valence electrons. The highest BCUT2D eigenvalue weighted by molar-refractivity contribution is 7.99. The summed E-state index contributed by atoms with van der Waals surface area (Å²) in [4.78, 5) is 2.48. The molecule has 0 radical (unpaired) electrons. The Bertz CT molecular complexity index is 104. The van der Waals surface area contributed by atoms with Crippen LogP contribution in [-0.4, -0.2) is 42.3 Å². The number of nitrogens with zero attached hydrogens (tertiary/aromatic N) is 1. The minimum Gasteiger partial charge on any atom is -0.379 e. The zero-order valence-electron chi connectivity index (χ0n) is 7.38. The summed E-state index contributed by atoms with van der Waals surface area (Å²) in [6.45, 7) is 8.52. The maximum atomic E-state index is 5.28. The molecule has 1 aliphatic rings. The normalized spacial score (nSPS) is 23.5. The van der Waals surface area contributed by atoms with Crippen LogP contribution in [0.25, 0.3) is 0 Å². The second kappa shape index (κ2) is 5.01. The van der Waals surface area contributed by atoms with E-state index in [1.165, 1.54) is 5.75 Å². The summed E-state index contributed by atoms with van der Waals surface area (Å²) in [5.74, 6) is 1.21. The van der Waals surface area contributed by atoms with Crippen molar-refractivity contribution in [3.63, 3.8) is 0 Å². The predicted molar refractivity (Wildman–Crippen MR) is 50.0 cm³/mol. The van der Waals surface area contributed by atoms with E-state index in [-0.39, 0.29) is 0 Å². The third-order valence-corrected chi connectivity index (χ3v) is 3.08. The molecular formula is C8H17NOS. The summed E-state index contributed by atoms with van der Waals surface area (Å²) in [5.41, 5.74) is 0. The lowest BCUT2D eigenvalue weighted by Crippen LogP contribution is -2.40. The van der Waals surface area contributed by atoms with Gasteiger partial charge in [-0.3, -0.25) is 4.90 Å². The molecule has 1 heterocycles. The Balaban J connectivity index is 2.21. The first-order valence-electron chi connectivity index (χ1n) is 4.28. The fourth-order valence-corrected chi connectivity index (χ4v) is 2.19. The molecule has 1 unspecified atom stereocenters. The Kier molecular flexibility index (Phi) is 4.26. The van der Waals surface area contributed by atoms with Crippen molar-refractivity contribution in [1.29, 1.82) is 0 Å². The molecule has 0 aromatic heterocycles. The highest BCUT2D eigenvalue weighted by Gasteiger charge is 2.15. The third-order valence-electron chi connectivity index (χ3n) is 1.97. The van der Waals surface area contributed by atoms with Gasteiger partial charge in [0.2, 0.25) is 0 Å². The Morgan fingerprint density at radius 1 is 1.45 bits per heavy atom. The summed E-state index contributed by atoms with van der Waals surface area (Å²) >= 11 is 2.01. The van der Waals surface area contributed by atoms with Crippen molar-refractivity contribution in [1.82, 2.24) is 4.90 Å². The number of morpholine rings is 1. The molecule has 3 heteroatoms. The van der Waals surface area contributed by atoms with Crippen LogP contribution in [0.4, 0.5) is 0 Å². The van der Waals surface area contributed by atoms with E-state index in [0.29, 0.717) is 5.37 Å². The maximum Gasteiger partial charge on any atom is 0.0594 e. The van der Waals surface area contributed by atoms with Gasteiger partial charge in [0.15, 0.2) is 0 Å². The lowest BCUT2D eigenvalue weighted by Gasteiger charge is -2.31. The number of hydrogen-bond donors (Lipinski definition) is 0. The van der Waals surface area contributed by atoms with Crippen LogP contribution in [0.3, 0.4) is 0 Å². The Morgan fingerprint density at radius 3 is 2.64 bits per heavy atom. The minimum atomic E-state index is 0.670. The second-order valence-corrected chi connectivity index (χ2v) is 4.30. The second-order valence-electron chi connectivity index (χ2n) is 2.70. The standard InChI is InChI=1S/C8H17NOS/c1-3-11-8(2)9-4-6-10-7-5-9/h8H,3-7H2,1-2H3. The number of hydrogen-bond acceptors (Lipinski definition) is 3. The van der Waals surface area contributed by atoms with Gasteiger partial charge >= 0.3 is 0 Å². The van der Waals surface area contributed by atoms with Gasteiger partial charge < -0.3 is 4.74 Å². The molecule has 0 bridgehead atoms. The minimum absolute atomic E-state index is 0.670. The van der Waals surface area contributed by atoms with Gasteiger partial charge in [-0.2, -0.15) is 0 Å². The molecular weight excluding hydrogens is 158 g/mol. The van der Waals surface area contributed by atoms with E-state index in [4.69, 9.17) is 4.74 Å². The van der Waals surface area contributed by atoms with E-state index >= 15 is 0 Å². The quantitative estimate of drug-likeness (QED) is 0.643. The molecule has 0 aromatic rings. The van der Waals surface area contributed by atoms with Crippen molar-refractivity contribution in [2.75, 3.05) is 32.1 Å². The van der Waals surface area contributed by atoms with Gasteiger partial charge in [-0.15, -0.1) is 11.8 Å². The van der Waals surface area contributed by atoms with Crippen molar-refractivity contribution in [2.24, 2.45) is 0 Å². The monoisotopic (exact) mass is 175 g/mol. The van der Waals surface area contributed by atoms with Crippen molar-refractivity contribution in [3.8, 4) is 0 Å². The van der Waals surface area contributed by atoms with Gasteiger partial charge in [-0.05, 0) is 12.7 Å². The van der Waals surface area contributed by atoms with Gasteiger partial charge in [0.1, 0.15) is 0 Å². The number of thioether (sulfide) groups is 1. The molecule has 0 N–H and O–H groups in total. The van der Waals surface area contributed by atoms with Crippen LogP contribution >= 0.6 is 11.8 Å². The summed E-state index contributed by atoms with van der Waals surface area (Å²) in [6, 6.07) is 0. The predicted octanol–water partition coefficient (Wildman–Crippen LogP) is 1.42. The van der Waals surface area contributed by atoms with Crippen molar-refractivity contribution in [3.05, 3.63) is 0 Å². The average molecular weight is 175 g/mol. The van der Waals surface area contributed by atoms with Gasteiger partial charge in [0, 0.05) is 13.1 Å². The van der Waals surface area contributed by atoms with Crippen LogP contribution in [0.2, 0.25) is 0 Å². The lowest BCUT2D eigenvalue weighted by molar-refractivity contribution is 0.0351. The van der Waals surface area contributed by atoms with E-state index in [9.17, 15) is 0 Å². The summed E-state index contributed by atoms with van der Waals surface area (Å²) in [5, 5.41) is 0.670.